The molecule has 1 heterocycles. The fourth-order valence-corrected chi connectivity index (χ4v) is 3.19. The summed E-state index contributed by atoms with van der Waals surface area (Å²) in [6.45, 7) is 2.46. The van der Waals surface area contributed by atoms with E-state index in [0.717, 1.165) is 48.8 Å². The lowest BCUT2D eigenvalue weighted by Crippen LogP contribution is -2.41. The average Bonchev–Trinajstić information content (AvgIpc) is 2.73. The SMILES string of the molecule is CCCCCCCNC(=O)[C@@H](C(=O)c1cccc([N+](=O)[O-])c1)n1cc(Cl)ccc1=O. The normalized spacial score (nSPS) is 11.7. The standard InChI is InChI=1S/C21H24ClN3O5/c1-2-3-4-5-6-12-23-21(28)19(24-14-16(22)10-11-18(24)26)20(27)15-8-7-9-17(13-15)25(29)30/h7-11,13-14,19H,2-6,12H2,1H3,(H,23,28)/t19-/m1/s1. The Morgan fingerprint density at radius 2 is 1.90 bits per heavy atom. The summed E-state index contributed by atoms with van der Waals surface area (Å²) < 4.78 is 0.954. The highest BCUT2D eigenvalue weighted by molar-refractivity contribution is 6.30. The lowest BCUT2D eigenvalue weighted by Gasteiger charge is -2.19. The highest BCUT2D eigenvalue weighted by Crippen LogP contribution is 2.20. The van der Waals surface area contributed by atoms with E-state index in [9.17, 15) is 24.5 Å². The number of nitro benzene ring substituents is 1. The summed E-state index contributed by atoms with van der Waals surface area (Å²) in [5.74, 6) is -1.39. The third kappa shape index (κ3) is 6.25. The number of halogens is 1. The van der Waals surface area contributed by atoms with Crippen molar-refractivity contribution >= 4 is 29.0 Å². The smallest absolute Gasteiger partial charge is 0.270 e. The summed E-state index contributed by atoms with van der Waals surface area (Å²) >= 11 is 5.97. The molecule has 160 valence electrons. The van der Waals surface area contributed by atoms with Gasteiger partial charge in [-0.25, -0.2) is 0 Å². The molecular weight excluding hydrogens is 410 g/mol. The van der Waals surface area contributed by atoms with E-state index in [0.29, 0.717) is 6.54 Å². The van der Waals surface area contributed by atoms with E-state index in [2.05, 4.69) is 12.2 Å². The molecule has 1 atom stereocenters. The number of hydrogen-bond donors (Lipinski definition) is 1. The summed E-state index contributed by atoms with van der Waals surface area (Å²) in [6.07, 6.45) is 6.16. The number of pyridine rings is 1. The zero-order valence-electron chi connectivity index (χ0n) is 16.7. The van der Waals surface area contributed by atoms with Crippen LogP contribution in [-0.4, -0.2) is 27.7 Å². The molecule has 0 saturated carbocycles. The molecule has 2 rings (SSSR count). The second-order valence-corrected chi connectivity index (χ2v) is 7.31. The molecule has 9 heteroatoms. The molecular formula is C21H24ClN3O5. The van der Waals surface area contributed by atoms with Crippen LogP contribution in [0.3, 0.4) is 0 Å². The maximum Gasteiger partial charge on any atom is 0.270 e. The van der Waals surface area contributed by atoms with Gasteiger partial charge in [-0.1, -0.05) is 56.3 Å². The predicted molar refractivity (Wildman–Crippen MR) is 114 cm³/mol. The van der Waals surface area contributed by atoms with Crippen LogP contribution in [0.15, 0.2) is 47.4 Å². The van der Waals surface area contributed by atoms with E-state index in [-0.39, 0.29) is 16.3 Å². The minimum absolute atomic E-state index is 0.0424. The minimum Gasteiger partial charge on any atom is -0.354 e. The number of Topliss-reactive ketones (excluding diaryl/α,β-unsaturated/α-hetero) is 1. The summed E-state index contributed by atoms with van der Waals surface area (Å²) in [5.41, 5.74) is -0.908. The Morgan fingerprint density at radius 3 is 2.60 bits per heavy atom. The van der Waals surface area contributed by atoms with Crippen LogP contribution in [0.5, 0.6) is 0 Å². The molecule has 0 aliphatic carbocycles. The van der Waals surface area contributed by atoms with E-state index in [1.165, 1.54) is 30.5 Å². The quantitative estimate of drug-likeness (QED) is 0.190. The number of nitro groups is 1. The number of benzene rings is 1. The summed E-state index contributed by atoms with van der Waals surface area (Å²) in [7, 11) is 0. The fraction of sp³-hybridized carbons (Fsp3) is 0.381. The van der Waals surface area contributed by atoms with Crippen molar-refractivity contribution in [2.45, 2.75) is 45.1 Å². The zero-order valence-corrected chi connectivity index (χ0v) is 17.4. The Hall–Kier alpha value is -3.00. The third-order valence-corrected chi connectivity index (χ3v) is 4.82. The van der Waals surface area contributed by atoms with E-state index in [1.807, 2.05) is 0 Å². The first-order valence-electron chi connectivity index (χ1n) is 9.79. The van der Waals surface area contributed by atoms with Crippen LogP contribution in [0.25, 0.3) is 0 Å². The maximum absolute atomic E-state index is 13.1. The van der Waals surface area contributed by atoms with Crippen LogP contribution in [0.1, 0.15) is 55.4 Å². The Labute approximate surface area is 179 Å². The number of nitrogens with zero attached hydrogens (tertiary/aromatic N) is 2. The van der Waals surface area contributed by atoms with Gasteiger partial charge in [0.25, 0.3) is 17.2 Å². The monoisotopic (exact) mass is 433 g/mol. The summed E-state index contributed by atoms with van der Waals surface area (Å²) in [5, 5.41) is 13.9. The molecule has 0 bridgehead atoms. The Balaban J connectivity index is 2.30. The van der Waals surface area contributed by atoms with Crippen LogP contribution >= 0.6 is 11.6 Å². The van der Waals surface area contributed by atoms with Gasteiger partial charge in [0.05, 0.1) is 9.95 Å². The van der Waals surface area contributed by atoms with Crippen molar-refractivity contribution in [1.82, 2.24) is 9.88 Å². The molecule has 2 aromatic rings. The second-order valence-electron chi connectivity index (χ2n) is 6.87. The number of carbonyl (C=O) groups is 2. The van der Waals surface area contributed by atoms with Crippen LogP contribution in [0.4, 0.5) is 5.69 Å². The number of carbonyl (C=O) groups excluding carboxylic acids is 2. The van der Waals surface area contributed by atoms with Gasteiger partial charge in [-0.2, -0.15) is 0 Å². The van der Waals surface area contributed by atoms with Crippen molar-refractivity contribution < 1.29 is 14.5 Å². The first-order chi connectivity index (χ1) is 14.3. The van der Waals surface area contributed by atoms with Gasteiger partial charge < -0.3 is 5.32 Å². The lowest BCUT2D eigenvalue weighted by atomic mass is 10.0. The number of non-ortho nitro benzene ring substituents is 1. The number of nitrogens with one attached hydrogen (secondary N) is 1. The van der Waals surface area contributed by atoms with Crippen molar-refractivity contribution in [2.75, 3.05) is 6.54 Å². The Kier molecular flexibility index (Phi) is 8.73. The number of amides is 1. The topological polar surface area (TPSA) is 111 Å². The molecule has 0 radical (unpaired) electrons. The maximum atomic E-state index is 13.1. The van der Waals surface area contributed by atoms with Crippen LogP contribution in [-0.2, 0) is 4.79 Å². The molecule has 0 aliphatic rings. The molecule has 0 spiro atoms. The van der Waals surface area contributed by atoms with E-state index in [1.54, 1.807) is 0 Å². The molecule has 1 N–H and O–H groups in total. The highest BCUT2D eigenvalue weighted by Gasteiger charge is 2.31. The van der Waals surface area contributed by atoms with Gasteiger partial charge in [-0.05, 0) is 12.5 Å². The number of ketones is 1. The fourth-order valence-electron chi connectivity index (χ4n) is 3.02. The summed E-state index contributed by atoms with van der Waals surface area (Å²) in [4.78, 5) is 48.7. The van der Waals surface area contributed by atoms with Crippen molar-refractivity contribution in [2.24, 2.45) is 0 Å². The number of hydrogen-bond acceptors (Lipinski definition) is 5. The Bertz CT molecular complexity index is 973. The van der Waals surface area contributed by atoms with Crippen molar-refractivity contribution in [3.05, 3.63) is 73.6 Å². The van der Waals surface area contributed by atoms with Gasteiger partial charge in [-0.15, -0.1) is 0 Å². The van der Waals surface area contributed by atoms with E-state index >= 15 is 0 Å². The molecule has 0 saturated heterocycles. The van der Waals surface area contributed by atoms with E-state index in [4.69, 9.17) is 11.6 Å². The van der Waals surface area contributed by atoms with Gasteiger partial charge in [-0.3, -0.25) is 29.1 Å². The zero-order chi connectivity index (χ0) is 22.1. The van der Waals surface area contributed by atoms with Crippen molar-refractivity contribution in [1.29, 1.82) is 0 Å². The lowest BCUT2D eigenvalue weighted by molar-refractivity contribution is -0.384. The molecule has 1 aromatic heterocycles. The molecule has 8 nitrogen and oxygen atoms in total. The molecule has 0 unspecified atom stereocenters. The molecule has 1 aromatic carbocycles. The largest absolute Gasteiger partial charge is 0.354 e. The Morgan fingerprint density at radius 1 is 1.17 bits per heavy atom. The van der Waals surface area contributed by atoms with Gasteiger partial charge >= 0.3 is 0 Å². The number of unbranched alkanes of at least 4 members (excludes halogenated alkanes) is 4. The molecule has 0 aliphatic heterocycles. The first-order valence-corrected chi connectivity index (χ1v) is 10.2. The van der Waals surface area contributed by atoms with E-state index < -0.39 is 28.2 Å². The third-order valence-electron chi connectivity index (χ3n) is 4.60. The first kappa shape index (κ1) is 23.3. The van der Waals surface area contributed by atoms with Crippen molar-refractivity contribution in [3.63, 3.8) is 0 Å². The van der Waals surface area contributed by atoms with Crippen LogP contribution in [0.2, 0.25) is 5.02 Å². The van der Waals surface area contributed by atoms with Gasteiger partial charge in [0, 0.05) is 36.5 Å². The highest BCUT2D eigenvalue weighted by atomic mass is 35.5. The minimum atomic E-state index is -1.52. The average molecular weight is 434 g/mol. The number of rotatable bonds is 11. The van der Waals surface area contributed by atoms with Crippen molar-refractivity contribution in [3.8, 4) is 0 Å². The molecule has 1 amide bonds. The van der Waals surface area contributed by atoms with Gasteiger partial charge in [0.1, 0.15) is 0 Å². The second kappa shape index (κ2) is 11.3. The van der Waals surface area contributed by atoms with Crippen LogP contribution in [0, 0.1) is 10.1 Å². The molecule has 0 fully saturated rings. The summed E-state index contributed by atoms with van der Waals surface area (Å²) in [6, 6.07) is 6.06. The molecule has 30 heavy (non-hydrogen) atoms. The van der Waals surface area contributed by atoms with Gasteiger partial charge in [0.15, 0.2) is 11.8 Å². The van der Waals surface area contributed by atoms with Gasteiger partial charge in [0.2, 0.25) is 0 Å². The van der Waals surface area contributed by atoms with Crippen LogP contribution < -0.4 is 10.9 Å². The predicted octanol–water partition coefficient (Wildman–Crippen LogP) is 3.92. The number of aromatic nitrogens is 1.